The van der Waals surface area contributed by atoms with Crippen LogP contribution in [0.2, 0.25) is 0 Å². The molecule has 0 amide bonds. The normalized spacial score (nSPS) is 12.4. The highest BCUT2D eigenvalue weighted by molar-refractivity contribution is 5.30. The number of benzene rings is 1. The molecule has 1 heteroatoms. The topological polar surface area (TPSA) is 12.0 Å². The summed E-state index contributed by atoms with van der Waals surface area (Å²) in [5, 5.41) is 3.41. The maximum absolute atomic E-state index is 3.77. The van der Waals surface area contributed by atoms with Crippen molar-refractivity contribution in [2.45, 2.75) is 45.6 Å². The SMILES string of the molecule is C=CCCCC(Cc1ccc(C)c(C)c1)NC. The largest absolute Gasteiger partial charge is 0.317 e. The molecule has 94 valence electrons. The van der Waals surface area contributed by atoms with Crippen LogP contribution >= 0.6 is 0 Å². The first-order valence-electron chi connectivity index (χ1n) is 6.51. The maximum Gasteiger partial charge on any atom is 0.0105 e. The van der Waals surface area contributed by atoms with Gasteiger partial charge in [-0.15, -0.1) is 6.58 Å². The van der Waals surface area contributed by atoms with Crippen molar-refractivity contribution in [3.63, 3.8) is 0 Å². The number of nitrogens with one attached hydrogen (secondary N) is 1. The Bertz CT molecular complexity index is 355. The van der Waals surface area contributed by atoms with Crippen molar-refractivity contribution in [1.29, 1.82) is 0 Å². The number of unbranched alkanes of at least 4 members (excludes halogenated alkanes) is 1. The van der Waals surface area contributed by atoms with Crippen LogP contribution < -0.4 is 5.32 Å². The van der Waals surface area contributed by atoms with Crippen molar-refractivity contribution in [2.24, 2.45) is 0 Å². The van der Waals surface area contributed by atoms with Gasteiger partial charge in [0.2, 0.25) is 0 Å². The molecule has 0 bridgehead atoms. The van der Waals surface area contributed by atoms with E-state index in [0.29, 0.717) is 6.04 Å². The predicted octanol–water partition coefficient (Wildman–Crippen LogP) is 3.79. The number of hydrogen-bond donors (Lipinski definition) is 1. The van der Waals surface area contributed by atoms with E-state index in [9.17, 15) is 0 Å². The Morgan fingerprint density at radius 1 is 1.29 bits per heavy atom. The molecule has 0 saturated carbocycles. The van der Waals surface area contributed by atoms with Crippen molar-refractivity contribution < 1.29 is 0 Å². The lowest BCUT2D eigenvalue weighted by atomic mass is 9.98. The number of aryl methyl sites for hydroxylation is 2. The molecular formula is C16H25N. The second-order valence-electron chi connectivity index (χ2n) is 4.83. The van der Waals surface area contributed by atoms with Gasteiger partial charge in [0.1, 0.15) is 0 Å². The van der Waals surface area contributed by atoms with Gasteiger partial charge in [-0.3, -0.25) is 0 Å². The highest BCUT2D eigenvalue weighted by atomic mass is 14.9. The van der Waals surface area contributed by atoms with Crippen LogP contribution in [0.15, 0.2) is 30.9 Å². The standard InChI is InChI=1S/C16H25N/c1-5-6-7-8-16(17-4)12-15-10-9-13(2)14(3)11-15/h5,9-11,16-17H,1,6-8,12H2,2-4H3. The van der Waals surface area contributed by atoms with Crippen molar-refractivity contribution >= 4 is 0 Å². The first kappa shape index (κ1) is 14.0. The Morgan fingerprint density at radius 2 is 2.06 bits per heavy atom. The molecule has 0 aliphatic carbocycles. The fourth-order valence-electron chi connectivity index (χ4n) is 2.07. The molecule has 0 spiro atoms. The smallest absolute Gasteiger partial charge is 0.0105 e. The molecular weight excluding hydrogens is 206 g/mol. The Balaban J connectivity index is 2.54. The quantitative estimate of drug-likeness (QED) is 0.556. The molecule has 1 rings (SSSR count). The molecule has 0 heterocycles. The van der Waals surface area contributed by atoms with Crippen LogP contribution in [0, 0.1) is 13.8 Å². The van der Waals surface area contributed by atoms with E-state index >= 15 is 0 Å². The maximum atomic E-state index is 3.77. The van der Waals surface area contributed by atoms with Gasteiger partial charge in [-0.25, -0.2) is 0 Å². The van der Waals surface area contributed by atoms with Crippen LogP contribution in [-0.2, 0) is 6.42 Å². The van der Waals surface area contributed by atoms with E-state index in [1.807, 2.05) is 6.08 Å². The number of likely N-dealkylation sites (N-methyl/N-ethyl adjacent to an activating group) is 1. The van der Waals surface area contributed by atoms with Gasteiger partial charge in [-0.05, 0) is 63.3 Å². The van der Waals surface area contributed by atoms with Crippen LogP contribution in [0.1, 0.15) is 36.0 Å². The summed E-state index contributed by atoms with van der Waals surface area (Å²) in [6.45, 7) is 8.12. The Morgan fingerprint density at radius 3 is 2.65 bits per heavy atom. The van der Waals surface area contributed by atoms with Crippen molar-refractivity contribution in [3.05, 3.63) is 47.5 Å². The summed E-state index contributed by atoms with van der Waals surface area (Å²) in [4.78, 5) is 0. The molecule has 17 heavy (non-hydrogen) atoms. The molecule has 1 aromatic rings. The minimum Gasteiger partial charge on any atom is -0.317 e. The first-order valence-corrected chi connectivity index (χ1v) is 6.51. The lowest BCUT2D eigenvalue weighted by molar-refractivity contribution is 0.504. The van der Waals surface area contributed by atoms with Gasteiger partial charge in [0.25, 0.3) is 0 Å². The summed E-state index contributed by atoms with van der Waals surface area (Å²) in [7, 11) is 2.06. The van der Waals surface area contributed by atoms with Crippen molar-refractivity contribution in [1.82, 2.24) is 5.32 Å². The Hall–Kier alpha value is -1.08. The molecule has 0 radical (unpaired) electrons. The lowest BCUT2D eigenvalue weighted by Crippen LogP contribution is -2.27. The zero-order valence-corrected chi connectivity index (χ0v) is 11.4. The summed E-state index contributed by atoms with van der Waals surface area (Å²) in [5.41, 5.74) is 4.20. The van der Waals surface area contributed by atoms with E-state index in [1.165, 1.54) is 29.5 Å². The molecule has 0 fully saturated rings. The summed E-state index contributed by atoms with van der Waals surface area (Å²) < 4.78 is 0. The van der Waals surface area contributed by atoms with E-state index in [1.54, 1.807) is 0 Å². The molecule has 0 aromatic heterocycles. The molecule has 1 nitrogen and oxygen atoms in total. The second kappa shape index (κ2) is 7.29. The van der Waals surface area contributed by atoms with E-state index in [4.69, 9.17) is 0 Å². The van der Waals surface area contributed by atoms with Crippen LogP contribution in [0.3, 0.4) is 0 Å². The van der Waals surface area contributed by atoms with E-state index < -0.39 is 0 Å². The van der Waals surface area contributed by atoms with E-state index in [-0.39, 0.29) is 0 Å². The lowest BCUT2D eigenvalue weighted by Gasteiger charge is -2.16. The molecule has 0 aliphatic rings. The van der Waals surface area contributed by atoms with Gasteiger partial charge in [-0.2, -0.15) is 0 Å². The summed E-state index contributed by atoms with van der Waals surface area (Å²) in [6, 6.07) is 7.37. The summed E-state index contributed by atoms with van der Waals surface area (Å²) in [5.74, 6) is 0. The number of allylic oxidation sites excluding steroid dienone is 1. The summed E-state index contributed by atoms with van der Waals surface area (Å²) in [6.07, 6.45) is 6.68. The van der Waals surface area contributed by atoms with Gasteiger partial charge in [0.05, 0.1) is 0 Å². The average molecular weight is 231 g/mol. The van der Waals surface area contributed by atoms with E-state index in [0.717, 1.165) is 12.8 Å². The van der Waals surface area contributed by atoms with Crippen molar-refractivity contribution in [3.8, 4) is 0 Å². The van der Waals surface area contributed by atoms with Gasteiger partial charge in [0.15, 0.2) is 0 Å². The first-order chi connectivity index (χ1) is 8.17. The third-order valence-corrected chi connectivity index (χ3v) is 3.42. The number of rotatable bonds is 7. The minimum atomic E-state index is 0.581. The molecule has 1 atom stereocenters. The average Bonchev–Trinajstić information content (AvgIpc) is 2.32. The van der Waals surface area contributed by atoms with Gasteiger partial charge < -0.3 is 5.32 Å². The zero-order chi connectivity index (χ0) is 12.7. The molecule has 1 aromatic carbocycles. The third-order valence-electron chi connectivity index (χ3n) is 3.42. The third kappa shape index (κ3) is 4.74. The minimum absolute atomic E-state index is 0.581. The Kier molecular flexibility index (Phi) is 5.99. The fourth-order valence-corrected chi connectivity index (χ4v) is 2.07. The van der Waals surface area contributed by atoms with Gasteiger partial charge >= 0.3 is 0 Å². The number of hydrogen-bond acceptors (Lipinski definition) is 1. The fraction of sp³-hybridized carbons (Fsp3) is 0.500. The zero-order valence-electron chi connectivity index (χ0n) is 11.4. The van der Waals surface area contributed by atoms with Crippen LogP contribution in [0.25, 0.3) is 0 Å². The van der Waals surface area contributed by atoms with Gasteiger partial charge in [0, 0.05) is 6.04 Å². The molecule has 0 saturated heterocycles. The van der Waals surface area contributed by atoms with Crippen LogP contribution in [-0.4, -0.2) is 13.1 Å². The second-order valence-corrected chi connectivity index (χ2v) is 4.83. The monoisotopic (exact) mass is 231 g/mol. The van der Waals surface area contributed by atoms with Crippen molar-refractivity contribution in [2.75, 3.05) is 7.05 Å². The van der Waals surface area contributed by atoms with Crippen LogP contribution in [0.5, 0.6) is 0 Å². The predicted molar refractivity (Wildman–Crippen MR) is 76.5 cm³/mol. The summed E-state index contributed by atoms with van der Waals surface area (Å²) >= 11 is 0. The van der Waals surface area contributed by atoms with Crippen LogP contribution in [0.4, 0.5) is 0 Å². The highest BCUT2D eigenvalue weighted by Gasteiger charge is 2.07. The molecule has 1 N–H and O–H groups in total. The molecule has 1 unspecified atom stereocenters. The van der Waals surface area contributed by atoms with E-state index in [2.05, 4.69) is 51.0 Å². The highest BCUT2D eigenvalue weighted by Crippen LogP contribution is 2.13. The Labute approximate surface area is 106 Å². The molecule has 0 aliphatic heterocycles. The van der Waals surface area contributed by atoms with Gasteiger partial charge in [-0.1, -0.05) is 24.3 Å².